The van der Waals surface area contributed by atoms with Crippen molar-refractivity contribution in [2.75, 3.05) is 0 Å². The summed E-state index contributed by atoms with van der Waals surface area (Å²) in [6.45, 7) is 1.84. The van der Waals surface area contributed by atoms with Crippen molar-refractivity contribution >= 4 is 0 Å². The van der Waals surface area contributed by atoms with Crippen molar-refractivity contribution in [3.63, 3.8) is 0 Å². The Balaban J connectivity index is 1.89. The number of aryl methyl sites for hydroxylation is 1. The third-order valence-electron chi connectivity index (χ3n) is 3.46. The largest absolute Gasteiger partial charge is 0.351 e. The van der Waals surface area contributed by atoms with Crippen molar-refractivity contribution in [3.8, 4) is 11.7 Å². The number of hydrogen-bond acceptors (Lipinski definition) is 6. The maximum absolute atomic E-state index is 6.35. The summed E-state index contributed by atoms with van der Waals surface area (Å²) in [4.78, 5) is 4.35. The zero-order chi connectivity index (χ0) is 12.6. The van der Waals surface area contributed by atoms with Crippen LogP contribution in [0.1, 0.15) is 43.6 Å². The Morgan fingerprint density at radius 3 is 2.61 bits per heavy atom. The van der Waals surface area contributed by atoms with Crippen molar-refractivity contribution in [3.05, 3.63) is 17.6 Å². The van der Waals surface area contributed by atoms with Gasteiger partial charge in [-0.2, -0.15) is 4.98 Å². The standard InChI is InChI=1S/C12H16N4O2/c1-8-7-9(17-15-8)10-14-11(16-18-10)12(13)5-3-2-4-6-12/h7H,2-6,13H2,1H3. The van der Waals surface area contributed by atoms with Crippen LogP contribution in [0.25, 0.3) is 11.7 Å². The van der Waals surface area contributed by atoms with Gasteiger partial charge in [-0.15, -0.1) is 0 Å². The Kier molecular flexibility index (Phi) is 2.66. The predicted molar refractivity (Wildman–Crippen MR) is 63.5 cm³/mol. The maximum atomic E-state index is 6.35. The van der Waals surface area contributed by atoms with Gasteiger partial charge >= 0.3 is 0 Å². The van der Waals surface area contributed by atoms with E-state index in [9.17, 15) is 0 Å². The van der Waals surface area contributed by atoms with E-state index < -0.39 is 5.54 Å². The van der Waals surface area contributed by atoms with E-state index in [-0.39, 0.29) is 0 Å². The van der Waals surface area contributed by atoms with E-state index >= 15 is 0 Å². The van der Waals surface area contributed by atoms with Crippen molar-refractivity contribution in [2.24, 2.45) is 5.73 Å². The number of rotatable bonds is 2. The summed E-state index contributed by atoms with van der Waals surface area (Å²) < 4.78 is 10.3. The Hall–Kier alpha value is -1.69. The van der Waals surface area contributed by atoms with Crippen LogP contribution in [0.3, 0.4) is 0 Å². The van der Waals surface area contributed by atoms with Crippen LogP contribution in [0.5, 0.6) is 0 Å². The Bertz CT molecular complexity index is 540. The summed E-state index contributed by atoms with van der Waals surface area (Å²) in [5.41, 5.74) is 6.68. The van der Waals surface area contributed by atoms with Crippen LogP contribution in [0.2, 0.25) is 0 Å². The number of hydrogen-bond donors (Lipinski definition) is 1. The Labute approximate surface area is 105 Å². The van der Waals surface area contributed by atoms with Gasteiger partial charge in [-0.05, 0) is 19.8 Å². The summed E-state index contributed by atoms with van der Waals surface area (Å²) in [5, 5.41) is 7.80. The Morgan fingerprint density at radius 2 is 1.94 bits per heavy atom. The van der Waals surface area contributed by atoms with Crippen molar-refractivity contribution < 1.29 is 9.05 Å². The monoisotopic (exact) mass is 248 g/mol. The molecule has 0 aromatic carbocycles. The average Bonchev–Trinajstić information content (AvgIpc) is 2.98. The number of nitrogens with two attached hydrogens (primary N) is 1. The summed E-state index contributed by atoms with van der Waals surface area (Å²) in [6, 6.07) is 1.77. The fraction of sp³-hybridized carbons (Fsp3) is 0.583. The van der Waals surface area contributed by atoms with Crippen molar-refractivity contribution in [2.45, 2.75) is 44.6 Å². The molecule has 2 aromatic rings. The quantitative estimate of drug-likeness (QED) is 0.875. The minimum atomic E-state index is -0.449. The first-order chi connectivity index (χ1) is 8.67. The molecule has 1 aliphatic rings. The number of nitrogens with zero attached hydrogens (tertiary/aromatic N) is 3. The molecule has 0 unspecified atom stereocenters. The van der Waals surface area contributed by atoms with E-state index in [1.807, 2.05) is 6.92 Å². The molecule has 2 N–H and O–H groups in total. The molecule has 1 saturated carbocycles. The molecule has 6 heteroatoms. The lowest BCUT2D eigenvalue weighted by Gasteiger charge is -2.29. The molecule has 1 fully saturated rings. The van der Waals surface area contributed by atoms with Crippen LogP contribution in [0.15, 0.2) is 15.1 Å². The molecule has 2 heterocycles. The minimum absolute atomic E-state index is 0.348. The normalized spacial score (nSPS) is 19.0. The average molecular weight is 248 g/mol. The zero-order valence-electron chi connectivity index (χ0n) is 10.3. The topological polar surface area (TPSA) is 91.0 Å². The van der Waals surface area contributed by atoms with Gasteiger partial charge in [0.2, 0.25) is 5.76 Å². The lowest BCUT2D eigenvalue weighted by molar-refractivity contribution is 0.275. The molecular weight excluding hydrogens is 232 g/mol. The first-order valence-corrected chi connectivity index (χ1v) is 6.24. The first kappa shape index (κ1) is 11.4. The minimum Gasteiger partial charge on any atom is -0.351 e. The molecule has 0 spiro atoms. The van der Waals surface area contributed by atoms with Gasteiger partial charge in [-0.3, -0.25) is 0 Å². The van der Waals surface area contributed by atoms with Gasteiger partial charge in [-0.25, -0.2) is 0 Å². The van der Waals surface area contributed by atoms with E-state index in [0.29, 0.717) is 17.5 Å². The predicted octanol–water partition coefficient (Wildman–Crippen LogP) is 2.15. The zero-order valence-corrected chi connectivity index (χ0v) is 10.3. The van der Waals surface area contributed by atoms with Crippen LogP contribution >= 0.6 is 0 Å². The fourth-order valence-electron chi connectivity index (χ4n) is 2.40. The van der Waals surface area contributed by atoms with Crippen LogP contribution in [-0.2, 0) is 5.54 Å². The second kappa shape index (κ2) is 4.20. The van der Waals surface area contributed by atoms with Gasteiger partial charge in [0.15, 0.2) is 5.82 Å². The van der Waals surface area contributed by atoms with Crippen molar-refractivity contribution in [1.29, 1.82) is 0 Å². The van der Waals surface area contributed by atoms with Gasteiger partial charge < -0.3 is 14.8 Å². The second-order valence-electron chi connectivity index (χ2n) is 4.97. The molecule has 6 nitrogen and oxygen atoms in total. The number of aromatic nitrogens is 3. The van der Waals surface area contributed by atoms with Gasteiger partial charge in [0.1, 0.15) is 0 Å². The highest BCUT2D eigenvalue weighted by atomic mass is 16.5. The molecule has 0 radical (unpaired) electrons. The molecule has 0 atom stereocenters. The maximum Gasteiger partial charge on any atom is 0.296 e. The molecule has 1 aliphatic carbocycles. The van der Waals surface area contributed by atoms with Crippen LogP contribution in [-0.4, -0.2) is 15.3 Å². The molecule has 3 rings (SSSR count). The summed E-state index contributed by atoms with van der Waals surface area (Å²) in [7, 11) is 0. The van der Waals surface area contributed by atoms with E-state index in [2.05, 4.69) is 15.3 Å². The highest BCUT2D eigenvalue weighted by Crippen LogP contribution is 2.34. The van der Waals surface area contributed by atoms with Gasteiger partial charge in [0.05, 0.1) is 11.2 Å². The van der Waals surface area contributed by atoms with E-state index in [1.165, 1.54) is 6.42 Å². The molecule has 0 bridgehead atoms. The SMILES string of the molecule is Cc1cc(-c2nc(C3(N)CCCCC3)no2)on1. The van der Waals surface area contributed by atoms with Crippen molar-refractivity contribution in [1.82, 2.24) is 15.3 Å². The van der Waals surface area contributed by atoms with Gasteiger partial charge in [0.25, 0.3) is 5.89 Å². The molecule has 0 aliphatic heterocycles. The van der Waals surface area contributed by atoms with Crippen LogP contribution < -0.4 is 5.73 Å². The van der Waals surface area contributed by atoms with Gasteiger partial charge in [-0.1, -0.05) is 29.6 Å². The molecule has 0 amide bonds. The van der Waals surface area contributed by atoms with E-state index in [4.69, 9.17) is 14.8 Å². The molecule has 96 valence electrons. The molecular formula is C12H16N4O2. The molecule has 0 saturated heterocycles. The highest BCUT2D eigenvalue weighted by Gasteiger charge is 2.34. The first-order valence-electron chi connectivity index (χ1n) is 6.24. The van der Waals surface area contributed by atoms with Gasteiger partial charge in [0, 0.05) is 6.07 Å². The van der Waals surface area contributed by atoms with E-state index in [1.54, 1.807) is 6.07 Å². The lowest BCUT2D eigenvalue weighted by atomic mass is 9.82. The molecule has 2 aromatic heterocycles. The fourth-order valence-corrected chi connectivity index (χ4v) is 2.40. The summed E-state index contributed by atoms with van der Waals surface area (Å²) in [6.07, 6.45) is 5.26. The lowest BCUT2D eigenvalue weighted by Crippen LogP contribution is -2.39. The smallest absolute Gasteiger partial charge is 0.296 e. The van der Waals surface area contributed by atoms with Crippen LogP contribution in [0, 0.1) is 6.92 Å². The van der Waals surface area contributed by atoms with Crippen LogP contribution in [0.4, 0.5) is 0 Å². The molecule has 18 heavy (non-hydrogen) atoms. The Morgan fingerprint density at radius 1 is 1.17 bits per heavy atom. The third kappa shape index (κ3) is 1.92. The highest BCUT2D eigenvalue weighted by molar-refractivity contribution is 5.43. The summed E-state index contributed by atoms with van der Waals surface area (Å²) in [5.74, 6) is 1.41. The summed E-state index contributed by atoms with van der Waals surface area (Å²) >= 11 is 0. The third-order valence-corrected chi connectivity index (χ3v) is 3.46. The van der Waals surface area contributed by atoms with E-state index in [0.717, 1.165) is 31.4 Å². The second-order valence-corrected chi connectivity index (χ2v) is 4.97.